The van der Waals surface area contributed by atoms with Crippen molar-refractivity contribution >= 4 is 23.7 Å². The molecule has 0 spiro atoms. The van der Waals surface area contributed by atoms with E-state index in [0.29, 0.717) is 6.54 Å². The molecule has 1 rings (SSSR count). The summed E-state index contributed by atoms with van der Waals surface area (Å²) in [4.78, 5) is 24.3. The third-order valence-electron chi connectivity index (χ3n) is 2.35. The van der Waals surface area contributed by atoms with Gasteiger partial charge in [0, 0.05) is 18.3 Å². The molecule has 3 amide bonds. The fourth-order valence-corrected chi connectivity index (χ4v) is 2.13. The first-order valence-corrected chi connectivity index (χ1v) is 6.06. The van der Waals surface area contributed by atoms with Crippen molar-refractivity contribution in [3.8, 4) is 0 Å². The Kier molecular flexibility index (Phi) is 3.80. The summed E-state index contributed by atoms with van der Waals surface area (Å²) in [5.74, 6) is 0.633. The minimum atomic E-state index is -0.255. The Morgan fingerprint density at radius 2 is 2.29 bits per heavy atom. The van der Waals surface area contributed by atoms with Gasteiger partial charge in [-0.1, -0.05) is 6.92 Å². The second-order valence-corrected chi connectivity index (χ2v) is 4.56. The Bertz CT molecular complexity index is 245. The van der Waals surface area contributed by atoms with Crippen molar-refractivity contribution in [1.82, 2.24) is 10.2 Å². The number of hydrogen-bond donors (Lipinski definition) is 1. The zero-order valence-electron chi connectivity index (χ0n) is 8.74. The van der Waals surface area contributed by atoms with Gasteiger partial charge in [-0.2, -0.15) is 11.8 Å². The van der Waals surface area contributed by atoms with E-state index in [1.807, 2.05) is 20.1 Å². The van der Waals surface area contributed by atoms with Crippen LogP contribution in [0.25, 0.3) is 0 Å². The number of amides is 3. The Hall–Kier alpha value is -0.710. The first-order valence-electron chi connectivity index (χ1n) is 4.66. The van der Waals surface area contributed by atoms with E-state index in [2.05, 4.69) is 5.32 Å². The molecule has 0 aliphatic carbocycles. The molecule has 2 unspecified atom stereocenters. The topological polar surface area (TPSA) is 49.4 Å². The third kappa shape index (κ3) is 2.41. The standard InChI is InChI=1S/C9H16N2O2S/c1-6-4-11(7(2)5-14-3)9(13)10-8(6)12/h6-7H,4-5H2,1-3H3,(H,10,12,13). The number of urea groups is 1. The monoisotopic (exact) mass is 216 g/mol. The van der Waals surface area contributed by atoms with Gasteiger partial charge in [0.1, 0.15) is 0 Å². The molecule has 5 heteroatoms. The molecule has 1 heterocycles. The predicted octanol–water partition coefficient (Wildman–Crippen LogP) is 0.926. The molecule has 80 valence electrons. The molecule has 0 radical (unpaired) electrons. The zero-order chi connectivity index (χ0) is 10.7. The highest BCUT2D eigenvalue weighted by atomic mass is 32.2. The summed E-state index contributed by atoms with van der Waals surface area (Å²) in [5.41, 5.74) is 0. The number of carbonyl (C=O) groups excluding carboxylic acids is 2. The van der Waals surface area contributed by atoms with Gasteiger partial charge in [-0.25, -0.2) is 4.79 Å². The molecule has 0 aromatic carbocycles. The van der Waals surface area contributed by atoms with E-state index < -0.39 is 0 Å². The SMILES string of the molecule is CSCC(C)N1CC(C)C(=O)NC1=O. The second kappa shape index (κ2) is 4.68. The number of nitrogens with zero attached hydrogens (tertiary/aromatic N) is 1. The highest BCUT2D eigenvalue weighted by Crippen LogP contribution is 2.13. The fourth-order valence-electron chi connectivity index (χ4n) is 1.47. The Morgan fingerprint density at radius 3 is 2.86 bits per heavy atom. The van der Waals surface area contributed by atoms with Crippen molar-refractivity contribution in [1.29, 1.82) is 0 Å². The number of imide groups is 1. The van der Waals surface area contributed by atoms with Gasteiger partial charge in [0.2, 0.25) is 5.91 Å². The van der Waals surface area contributed by atoms with Gasteiger partial charge in [0.25, 0.3) is 0 Å². The molecular weight excluding hydrogens is 200 g/mol. The van der Waals surface area contributed by atoms with Gasteiger partial charge < -0.3 is 4.90 Å². The Morgan fingerprint density at radius 1 is 1.64 bits per heavy atom. The van der Waals surface area contributed by atoms with E-state index >= 15 is 0 Å². The molecule has 0 bridgehead atoms. The van der Waals surface area contributed by atoms with E-state index in [4.69, 9.17) is 0 Å². The number of thioether (sulfide) groups is 1. The summed E-state index contributed by atoms with van der Waals surface area (Å²) in [7, 11) is 0. The van der Waals surface area contributed by atoms with Crippen molar-refractivity contribution < 1.29 is 9.59 Å². The van der Waals surface area contributed by atoms with Crippen LogP contribution >= 0.6 is 11.8 Å². The molecule has 1 fully saturated rings. The zero-order valence-corrected chi connectivity index (χ0v) is 9.56. The van der Waals surface area contributed by atoms with Gasteiger partial charge in [0.15, 0.2) is 0 Å². The van der Waals surface area contributed by atoms with Crippen LogP contribution < -0.4 is 5.32 Å². The maximum absolute atomic E-state index is 11.5. The van der Waals surface area contributed by atoms with E-state index in [-0.39, 0.29) is 23.9 Å². The van der Waals surface area contributed by atoms with Crippen molar-refractivity contribution in [3.63, 3.8) is 0 Å². The van der Waals surface area contributed by atoms with Crippen molar-refractivity contribution in [3.05, 3.63) is 0 Å². The van der Waals surface area contributed by atoms with E-state index in [0.717, 1.165) is 5.75 Å². The van der Waals surface area contributed by atoms with Gasteiger partial charge in [0.05, 0.1) is 5.92 Å². The van der Waals surface area contributed by atoms with Crippen LogP contribution in [-0.4, -0.2) is 41.4 Å². The quantitative estimate of drug-likeness (QED) is 0.763. The van der Waals surface area contributed by atoms with E-state index in [1.54, 1.807) is 16.7 Å². The highest BCUT2D eigenvalue weighted by Gasteiger charge is 2.31. The number of hydrogen-bond acceptors (Lipinski definition) is 3. The van der Waals surface area contributed by atoms with Crippen LogP contribution in [0.3, 0.4) is 0 Å². The molecule has 14 heavy (non-hydrogen) atoms. The first kappa shape index (κ1) is 11.4. The molecule has 4 nitrogen and oxygen atoms in total. The number of rotatable bonds is 3. The molecule has 0 aromatic rings. The van der Waals surface area contributed by atoms with E-state index in [9.17, 15) is 9.59 Å². The lowest BCUT2D eigenvalue weighted by Crippen LogP contribution is -2.56. The smallest absolute Gasteiger partial charge is 0.320 e. The van der Waals surface area contributed by atoms with E-state index in [1.165, 1.54) is 0 Å². The molecule has 1 aliphatic heterocycles. The van der Waals surface area contributed by atoms with Crippen LogP contribution in [0.1, 0.15) is 13.8 Å². The summed E-state index contributed by atoms with van der Waals surface area (Å²) in [6, 6.07) is -0.0739. The lowest BCUT2D eigenvalue weighted by molar-refractivity contribution is -0.125. The molecule has 0 saturated carbocycles. The maximum Gasteiger partial charge on any atom is 0.324 e. The molecular formula is C9H16N2O2S. The first-order chi connectivity index (χ1) is 6.56. The predicted molar refractivity (Wildman–Crippen MR) is 57.3 cm³/mol. The maximum atomic E-state index is 11.5. The molecule has 1 saturated heterocycles. The fraction of sp³-hybridized carbons (Fsp3) is 0.778. The van der Waals surface area contributed by atoms with Crippen LogP contribution in [0, 0.1) is 5.92 Å². The largest absolute Gasteiger partial charge is 0.324 e. The summed E-state index contributed by atoms with van der Waals surface area (Å²) < 4.78 is 0. The number of nitrogens with one attached hydrogen (secondary N) is 1. The van der Waals surface area contributed by atoms with Gasteiger partial charge in [-0.05, 0) is 13.2 Å². The Balaban J connectivity index is 2.61. The summed E-state index contributed by atoms with van der Waals surface area (Å²) in [5, 5.41) is 2.36. The second-order valence-electron chi connectivity index (χ2n) is 3.65. The highest BCUT2D eigenvalue weighted by molar-refractivity contribution is 7.98. The third-order valence-corrected chi connectivity index (χ3v) is 3.16. The van der Waals surface area contributed by atoms with Gasteiger partial charge in [-0.15, -0.1) is 0 Å². The molecule has 1 aliphatic rings. The average molecular weight is 216 g/mol. The normalized spacial score (nSPS) is 24.8. The number of carbonyl (C=O) groups is 2. The van der Waals surface area contributed by atoms with Gasteiger partial charge in [-0.3, -0.25) is 10.1 Å². The molecule has 2 atom stereocenters. The summed E-state index contributed by atoms with van der Waals surface area (Å²) in [6.07, 6.45) is 2.01. The minimum Gasteiger partial charge on any atom is -0.320 e. The van der Waals surface area contributed by atoms with Crippen LogP contribution in [-0.2, 0) is 4.79 Å². The molecule has 0 aromatic heterocycles. The van der Waals surface area contributed by atoms with Gasteiger partial charge >= 0.3 is 6.03 Å². The van der Waals surface area contributed by atoms with Crippen molar-refractivity contribution in [2.45, 2.75) is 19.9 Å². The lowest BCUT2D eigenvalue weighted by atomic mass is 10.1. The Labute approximate surface area is 88.4 Å². The molecule has 1 N–H and O–H groups in total. The van der Waals surface area contributed by atoms with Crippen LogP contribution in [0.5, 0.6) is 0 Å². The minimum absolute atomic E-state index is 0.1000. The van der Waals surface area contributed by atoms with Crippen molar-refractivity contribution in [2.75, 3.05) is 18.6 Å². The lowest BCUT2D eigenvalue weighted by Gasteiger charge is -2.34. The van der Waals surface area contributed by atoms with Crippen molar-refractivity contribution in [2.24, 2.45) is 5.92 Å². The van der Waals surface area contributed by atoms with Crippen LogP contribution in [0.2, 0.25) is 0 Å². The average Bonchev–Trinajstić information content (AvgIpc) is 2.11. The summed E-state index contributed by atoms with van der Waals surface area (Å²) >= 11 is 1.70. The van der Waals surface area contributed by atoms with Crippen LogP contribution in [0.15, 0.2) is 0 Å². The summed E-state index contributed by atoms with van der Waals surface area (Å²) in [6.45, 7) is 4.37. The van der Waals surface area contributed by atoms with Crippen LogP contribution in [0.4, 0.5) is 4.79 Å².